The van der Waals surface area contributed by atoms with Crippen molar-refractivity contribution in [1.29, 1.82) is 0 Å². The normalized spacial score (nSPS) is 10.4. The molecule has 0 fully saturated rings. The molecule has 0 spiro atoms. The van der Waals surface area contributed by atoms with Gasteiger partial charge in [0, 0.05) is 12.2 Å². The zero-order valence-electron chi connectivity index (χ0n) is 12.9. The standard InChI is InChI=1S/C9H8O4.C9H8O3/c10-7-3-1-6(5-8(7)11)2-4-9(12)13;10-8-4-1-7(2-5-8)3-6-9(11)12/h1-5,10-11H,(H,12,13);1-6,10H,(H,11,12). The molecule has 25 heavy (non-hydrogen) atoms. The molecule has 130 valence electrons. The third kappa shape index (κ3) is 7.89. The van der Waals surface area contributed by atoms with Crippen LogP contribution < -0.4 is 0 Å². The molecule has 0 amide bonds. The van der Waals surface area contributed by atoms with Gasteiger partial charge in [0.25, 0.3) is 0 Å². The molecule has 0 saturated heterocycles. The Balaban J connectivity index is 0.000000251. The van der Waals surface area contributed by atoms with Crippen LogP contribution in [0.25, 0.3) is 12.2 Å². The lowest BCUT2D eigenvalue weighted by atomic mass is 10.2. The smallest absolute Gasteiger partial charge is 0.328 e. The van der Waals surface area contributed by atoms with Crippen LogP contribution in [0.3, 0.4) is 0 Å². The van der Waals surface area contributed by atoms with Crippen molar-refractivity contribution in [3.05, 3.63) is 65.7 Å². The molecule has 5 N–H and O–H groups in total. The third-order valence-corrected chi connectivity index (χ3v) is 2.73. The molecular formula is C18H16O7. The van der Waals surface area contributed by atoms with Crippen LogP contribution in [-0.4, -0.2) is 37.5 Å². The number of aliphatic carboxylic acids is 2. The molecule has 0 saturated carbocycles. The number of rotatable bonds is 4. The molecule has 2 aromatic rings. The lowest BCUT2D eigenvalue weighted by Crippen LogP contribution is -1.85. The quantitative estimate of drug-likeness (QED) is 0.425. The highest BCUT2D eigenvalue weighted by atomic mass is 16.4. The summed E-state index contributed by atoms with van der Waals surface area (Å²) >= 11 is 0. The van der Waals surface area contributed by atoms with Crippen LogP contribution in [0.5, 0.6) is 17.2 Å². The second-order valence-electron chi connectivity index (χ2n) is 4.68. The molecule has 0 unspecified atom stereocenters. The lowest BCUT2D eigenvalue weighted by Gasteiger charge is -1.97. The predicted molar refractivity (Wildman–Crippen MR) is 91.2 cm³/mol. The second kappa shape index (κ2) is 9.41. The first-order valence-electron chi connectivity index (χ1n) is 6.91. The zero-order valence-corrected chi connectivity index (χ0v) is 12.9. The number of carboxylic acid groups (broad SMARTS) is 2. The Morgan fingerprint density at radius 2 is 1.16 bits per heavy atom. The topological polar surface area (TPSA) is 135 Å². The summed E-state index contributed by atoms with van der Waals surface area (Å²) in [6.45, 7) is 0. The number of phenols is 3. The molecule has 0 aliphatic heterocycles. The summed E-state index contributed by atoms with van der Waals surface area (Å²) in [5, 5.41) is 43.5. The third-order valence-electron chi connectivity index (χ3n) is 2.73. The van der Waals surface area contributed by atoms with Crippen molar-refractivity contribution in [3.63, 3.8) is 0 Å². The first-order valence-corrected chi connectivity index (χ1v) is 6.91. The van der Waals surface area contributed by atoms with Crippen molar-refractivity contribution >= 4 is 24.1 Å². The summed E-state index contributed by atoms with van der Waals surface area (Å²) in [5.74, 6) is -2.38. The molecular weight excluding hydrogens is 328 g/mol. The first kappa shape index (κ1) is 19.3. The van der Waals surface area contributed by atoms with E-state index in [1.54, 1.807) is 12.1 Å². The fourth-order valence-electron chi connectivity index (χ4n) is 1.56. The Bertz CT molecular complexity index is 790. The Morgan fingerprint density at radius 3 is 1.64 bits per heavy atom. The number of hydrogen-bond acceptors (Lipinski definition) is 5. The Morgan fingerprint density at radius 1 is 0.680 bits per heavy atom. The van der Waals surface area contributed by atoms with Crippen molar-refractivity contribution < 1.29 is 35.1 Å². The van der Waals surface area contributed by atoms with E-state index in [2.05, 4.69) is 0 Å². The minimum absolute atomic E-state index is 0.169. The first-order chi connectivity index (χ1) is 11.8. The van der Waals surface area contributed by atoms with E-state index in [0.717, 1.165) is 17.7 Å². The van der Waals surface area contributed by atoms with Gasteiger partial charge in [-0.25, -0.2) is 9.59 Å². The molecule has 0 atom stereocenters. The SMILES string of the molecule is O=C(O)C=Cc1ccc(O)c(O)c1.O=C(O)C=Cc1ccc(O)cc1. The van der Waals surface area contributed by atoms with Crippen molar-refractivity contribution in [2.75, 3.05) is 0 Å². The van der Waals surface area contributed by atoms with Gasteiger partial charge in [-0.3, -0.25) is 0 Å². The van der Waals surface area contributed by atoms with Crippen molar-refractivity contribution in [3.8, 4) is 17.2 Å². The van der Waals surface area contributed by atoms with E-state index in [9.17, 15) is 9.59 Å². The maximum Gasteiger partial charge on any atom is 0.328 e. The van der Waals surface area contributed by atoms with Gasteiger partial charge in [0.1, 0.15) is 5.75 Å². The maximum atomic E-state index is 10.1. The lowest BCUT2D eigenvalue weighted by molar-refractivity contribution is -0.132. The number of hydrogen-bond donors (Lipinski definition) is 5. The average Bonchev–Trinajstić information content (AvgIpc) is 2.56. The predicted octanol–water partition coefficient (Wildman–Crippen LogP) is 2.69. The maximum absolute atomic E-state index is 10.1. The highest BCUT2D eigenvalue weighted by molar-refractivity contribution is 5.85. The van der Waals surface area contributed by atoms with E-state index in [-0.39, 0.29) is 17.2 Å². The summed E-state index contributed by atoms with van der Waals surface area (Å²) in [5.41, 5.74) is 1.26. The highest BCUT2D eigenvalue weighted by Gasteiger charge is 1.98. The van der Waals surface area contributed by atoms with Crippen LogP contribution in [0.2, 0.25) is 0 Å². The number of phenolic OH excluding ortho intramolecular Hbond substituents is 3. The summed E-state index contributed by atoms with van der Waals surface area (Å²) in [7, 11) is 0. The number of carbonyl (C=O) groups is 2. The monoisotopic (exact) mass is 344 g/mol. The van der Waals surface area contributed by atoms with Crippen LogP contribution in [0.4, 0.5) is 0 Å². The van der Waals surface area contributed by atoms with Crippen LogP contribution >= 0.6 is 0 Å². The molecule has 0 bridgehead atoms. The van der Waals surface area contributed by atoms with Gasteiger partial charge in [-0.2, -0.15) is 0 Å². The summed E-state index contributed by atoms with van der Waals surface area (Å²) in [6, 6.07) is 10.3. The average molecular weight is 344 g/mol. The van der Waals surface area contributed by atoms with Crippen LogP contribution in [-0.2, 0) is 9.59 Å². The number of carboxylic acids is 2. The molecule has 7 nitrogen and oxygen atoms in total. The number of aromatic hydroxyl groups is 3. The zero-order chi connectivity index (χ0) is 18.8. The molecule has 0 aliphatic rings. The Kier molecular flexibility index (Phi) is 7.27. The van der Waals surface area contributed by atoms with E-state index in [4.69, 9.17) is 25.5 Å². The van der Waals surface area contributed by atoms with Crippen LogP contribution in [0.15, 0.2) is 54.6 Å². The van der Waals surface area contributed by atoms with Gasteiger partial charge in [0.15, 0.2) is 11.5 Å². The van der Waals surface area contributed by atoms with Gasteiger partial charge >= 0.3 is 11.9 Å². The van der Waals surface area contributed by atoms with E-state index in [1.807, 2.05) is 0 Å². The van der Waals surface area contributed by atoms with Crippen molar-refractivity contribution in [2.45, 2.75) is 0 Å². The van der Waals surface area contributed by atoms with Crippen molar-refractivity contribution in [2.24, 2.45) is 0 Å². The molecule has 2 rings (SSSR count). The molecule has 0 radical (unpaired) electrons. The number of benzene rings is 2. The Labute approximate surface area is 143 Å². The van der Waals surface area contributed by atoms with E-state index in [1.165, 1.54) is 42.5 Å². The molecule has 0 aliphatic carbocycles. The largest absolute Gasteiger partial charge is 0.508 e. The minimum Gasteiger partial charge on any atom is -0.508 e. The van der Waals surface area contributed by atoms with E-state index in [0.29, 0.717) is 5.56 Å². The molecule has 2 aromatic carbocycles. The summed E-state index contributed by atoms with van der Waals surface area (Å²) in [4.78, 5) is 20.2. The van der Waals surface area contributed by atoms with Crippen LogP contribution in [0.1, 0.15) is 11.1 Å². The van der Waals surface area contributed by atoms with Gasteiger partial charge in [-0.05, 0) is 47.5 Å². The van der Waals surface area contributed by atoms with Crippen LogP contribution in [0, 0.1) is 0 Å². The van der Waals surface area contributed by atoms with E-state index >= 15 is 0 Å². The van der Waals surface area contributed by atoms with Gasteiger partial charge in [0.2, 0.25) is 0 Å². The fraction of sp³-hybridized carbons (Fsp3) is 0. The minimum atomic E-state index is -1.06. The van der Waals surface area contributed by atoms with Gasteiger partial charge in [0.05, 0.1) is 0 Å². The van der Waals surface area contributed by atoms with Gasteiger partial charge in [-0.1, -0.05) is 18.2 Å². The summed E-state index contributed by atoms with van der Waals surface area (Å²) in [6.07, 6.45) is 4.78. The van der Waals surface area contributed by atoms with E-state index < -0.39 is 11.9 Å². The van der Waals surface area contributed by atoms with Gasteiger partial charge in [-0.15, -0.1) is 0 Å². The second-order valence-corrected chi connectivity index (χ2v) is 4.68. The summed E-state index contributed by atoms with van der Waals surface area (Å²) < 4.78 is 0. The van der Waals surface area contributed by atoms with Gasteiger partial charge < -0.3 is 25.5 Å². The fourth-order valence-corrected chi connectivity index (χ4v) is 1.56. The molecule has 7 heteroatoms. The molecule has 0 heterocycles. The highest BCUT2D eigenvalue weighted by Crippen LogP contribution is 2.25. The molecule has 0 aromatic heterocycles. The van der Waals surface area contributed by atoms with Crippen molar-refractivity contribution in [1.82, 2.24) is 0 Å². The Hall–Kier alpha value is -3.74.